The predicted octanol–water partition coefficient (Wildman–Crippen LogP) is 7.78. The van der Waals surface area contributed by atoms with Gasteiger partial charge in [0.25, 0.3) is 0 Å². The smallest absolute Gasteiger partial charge is 0.0396 e. The number of nitrogens with zero attached hydrogens (tertiary/aromatic N) is 2. The van der Waals surface area contributed by atoms with E-state index in [0.717, 1.165) is 32.6 Å². The maximum Gasteiger partial charge on any atom is 0.0396 e. The summed E-state index contributed by atoms with van der Waals surface area (Å²) in [5.41, 5.74) is 9.19. The second kappa shape index (κ2) is 12.4. The maximum atomic E-state index is 2.42. The molecule has 0 radical (unpaired) electrons. The van der Waals surface area contributed by atoms with Crippen LogP contribution in [0.15, 0.2) is 54.6 Å². The monoisotopic (exact) mass is 418 g/mol. The van der Waals surface area contributed by atoms with Crippen molar-refractivity contribution in [3.05, 3.63) is 76.9 Å². The van der Waals surface area contributed by atoms with Crippen LogP contribution in [0.5, 0.6) is 0 Å². The lowest BCUT2D eigenvalue weighted by molar-refractivity contribution is 0.861. The molecule has 2 nitrogen and oxygen atoms in total. The quantitative estimate of drug-likeness (QED) is 0.344. The highest BCUT2D eigenvalue weighted by Gasteiger charge is 2.12. The average molecular weight is 419 g/mol. The number of allylic oxidation sites excluding steroid dienone is 3. The molecule has 0 aliphatic heterocycles. The first-order valence-electron chi connectivity index (χ1n) is 12.1. The van der Waals surface area contributed by atoms with E-state index in [1.807, 2.05) is 0 Å². The van der Waals surface area contributed by atoms with Crippen molar-refractivity contribution in [1.29, 1.82) is 0 Å². The van der Waals surface area contributed by atoms with Crippen molar-refractivity contribution in [1.82, 2.24) is 0 Å². The fourth-order valence-electron chi connectivity index (χ4n) is 4.27. The predicted molar refractivity (Wildman–Crippen MR) is 141 cm³/mol. The Morgan fingerprint density at radius 2 is 1.16 bits per heavy atom. The van der Waals surface area contributed by atoms with Gasteiger partial charge >= 0.3 is 0 Å². The normalized spacial score (nSPS) is 11.1. The molecule has 0 bridgehead atoms. The van der Waals surface area contributed by atoms with E-state index >= 15 is 0 Å². The van der Waals surface area contributed by atoms with Gasteiger partial charge in [-0.15, -0.1) is 0 Å². The van der Waals surface area contributed by atoms with Gasteiger partial charge in [-0.1, -0.05) is 43.7 Å². The first-order chi connectivity index (χ1) is 15.0. The second-order valence-electron chi connectivity index (χ2n) is 8.14. The molecule has 0 atom stereocenters. The van der Waals surface area contributed by atoms with Gasteiger partial charge in [-0.3, -0.25) is 0 Å². The van der Waals surface area contributed by atoms with Crippen LogP contribution < -0.4 is 9.80 Å². The van der Waals surface area contributed by atoms with E-state index in [0.29, 0.717) is 0 Å². The standard InChI is InChI=1S/C29H42N2/c1-8-13-14-15-16-27(25-17-19-28(23(6)21-25)30(9-2)10-3)26-18-20-29(24(7)22-26)31(11-4)12-5/h14-22H,8-13H2,1-7H3/b15-14+. The molecule has 2 heteroatoms. The summed E-state index contributed by atoms with van der Waals surface area (Å²) < 4.78 is 0. The van der Waals surface area contributed by atoms with Crippen LogP contribution in [0.25, 0.3) is 5.57 Å². The van der Waals surface area contributed by atoms with Gasteiger partial charge in [-0.25, -0.2) is 0 Å². The van der Waals surface area contributed by atoms with Crippen molar-refractivity contribution >= 4 is 16.9 Å². The lowest BCUT2D eigenvalue weighted by atomic mass is 9.93. The van der Waals surface area contributed by atoms with Gasteiger partial charge in [0, 0.05) is 37.6 Å². The third-order valence-electron chi connectivity index (χ3n) is 6.08. The van der Waals surface area contributed by atoms with Gasteiger partial charge in [0.2, 0.25) is 0 Å². The van der Waals surface area contributed by atoms with Crippen molar-refractivity contribution in [2.75, 3.05) is 36.0 Å². The lowest BCUT2D eigenvalue weighted by Gasteiger charge is -2.25. The van der Waals surface area contributed by atoms with Crippen LogP contribution in [-0.2, 0) is 0 Å². The lowest BCUT2D eigenvalue weighted by Crippen LogP contribution is -2.22. The van der Waals surface area contributed by atoms with E-state index < -0.39 is 0 Å². The summed E-state index contributed by atoms with van der Waals surface area (Å²) in [6.45, 7) is 19.7. The number of benzene rings is 2. The van der Waals surface area contributed by atoms with Crippen molar-refractivity contribution in [3.63, 3.8) is 0 Å². The number of hydrogen-bond donors (Lipinski definition) is 0. The fraction of sp³-hybridized carbons (Fsp3) is 0.448. The molecule has 0 N–H and O–H groups in total. The van der Waals surface area contributed by atoms with Gasteiger partial charge in [0.05, 0.1) is 0 Å². The third-order valence-corrected chi connectivity index (χ3v) is 6.08. The highest BCUT2D eigenvalue weighted by atomic mass is 15.1. The maximum absolute atomic E-state index is 2.42. The Labute approximate surface area is 191 Å². The Morgan fingerprint density at radius 3 is 1.52 bits per heavy atom. The van der Waals surface area contributed by atoms with Crippen molar-refractivity contribution < 1.29 is 0 Å². The molecule has 0 saturated carbocycles. The summed E-state index contributed by atoms with van der Waals surface area (Å²) in [5, 5.41) is 0. The van der Waals surface area contributed by atoms with Crippen molar-refractivity contribution in [3.8, 4) is 0 Å². The van der Waals surface area contributed by atoms with E-state index in [-0.39, 0.29) is 0 Å². The summed E-state index contributed by atoms with van der Waals surface area (Å²) in [6.07, 6.45) is 9.07. The van der Waals surface area contributed by atoms with Crippen molar-refractivity contribution in [2.45, 2.75) is 61.3 Å². The minimum Gasteiger partial charge on any atom is -0.372 e. The van der Waals surface area contributed by atoms with Gasteiger partial charge in [-0.2, -0.15) is 0 Å². The molecule has 0 saturated heterocycles. The summed E-state index contributed by atoms with van der Waals surface area (Å²) in [7, 11) is 0. The molecule has 168 valence electrons. The van der Waals surface area contributed by atoms with Crippen LogP contribution in [0, 0.1) is 13.8 Å². The van der Waals surface area contributed by atoms with Gasteiger partial charge in [0.15, 0.2) is 0 Å². The largest absolute Gasteiger partial charge is 0.372 e. The molecule has 0 heterocycles. The zero-order valence-corrected chi connectivity index (χ0v) is 20.8. The topological polar surface area (TPSA) is 6.48 Å². The molecule has 0 aromatic heterocycles. The molecule has 0 unspecified atom stereocenters. The van der Waals surface area contributed by atoms with Crippen LogP contribution >= 0.6 is 0 Å². The summed E-state index contributed by atoms with van der Waals surface area (Å²) in [6, 6.07) is 13.8. The molecule has 0 fully saturated rings. The van der Waals surface area contributed by atoms with Crippen molar-refractivity contribution in [2.24, 2.45) is 0 Å². The van der Waals surface area contributed by atoms with E-state index in [9.17, 15) is 0 Å². The molecule has 2 rings (SSSR count). The first-order valence-corrected chi connectivity index (χ1v) is 12.1. The summed E-state index contributed by atoms with van der Waals surface area (Å²) in [5.74, 6) is 0. The Balaban J connectivity index is 2.52. The number of hydrogen-bond acceptors (Lipinski definition) is 2. The van der Waals surface area contributed by atoms with Crippen LogP contribution in [-0.4, -0.2) is 26.2 Å². The minimum absolute atomic E-state index is 1.03. The van der Waals surface area contributed by atoms with Crippen LogP contribution in [0.1, 0.15) is 69.7 Å². The second-order valence-corrected chi connectivity index (χ2v) is 8.14. The molecule has 31 heavy (non-hydrogen) atoms. The summed E-state index contributed by atoms with van der Waals surface area (Å²) in [4.78, 5) is 4.85. The van der Waals surface area contributed by atoms with Crippen LogP contribution in [0.2, 0.25) is 0 Å². The highest BCUT2D eigenvalue weighted by Crippen LogP contribution is 2.31. The van der Waals surface area contributed by atoms with E-state index in [2.05, 4.69) is 113 Å². The zero-order valence-electron chi connectivity index (χ0n) is 20.8. The van der Waals surface area contributed by atoms with E-state index in [1.165, 1.54) is 45.6 Å². The number of anilines is 2. The number of unbranched alkanes of at least 4 members (excludes halogenated alkanes) is 1. The Bertz CT molecular complexity index is 820. The SMILES string of the molecule is CCC/C=C/C=C(c1ccc(N(CC)CC)c(C)c1)c1ccc(N(CC)CC)c(C)c1. The minimum atomic E-state index is 1.03. The molecule has 2 aromatic rings. The van der Waals surface area contributed by atoms with Crippen LogP contribution in [0.3, 0.4) is 0 Å². The van der Waals surface area contributed by atoms with E-state index in [4.69, 9.17) is 0 Å². The zero-order chi connectivity index (χ0) is 22.8. The van der Waals surface area contributed by atoms with Gasteiger partial charge < -0.3 is 9.80 Å². The molecule has 0 aliphatic carbocycles. The summed E-state index contributed by atoms with van der Waals surface area (Å²) >= 11 is 0. The fourth-order valence-corrected chi connectivity index (χ4v) is 4.27. The van der Waals surface area contributed by atoms with Gasteiger partial charge in [-0.05, 0) is 100 Å². The number of aryl methyl sites for hydroxylation is 2. The molecule has 0 spiro atoms. The molecular formula is C29H42N2. The van der Waals surface area contributed by atoms with Gasteiger partial charge in [0.1, 0.15) is 0 Å². The Hall–Kier alpha value is -2.48. The average Bonchev–Trinajstić information content (AvgIpc) is 2.77. The first kappa shape index (κ1) is 24.8. The van der Waals surface area contributed by atoms with Crippen LogP contribution in [0.4, 0.5) is 11.4 Å². The highest BCUT2D eigenvalue weighted by molar-refractivity contribution is 5.83. The molecular weight excluding hydrogens is 376 g/mol. The third kappa shape index (κ3) is 6.26. The molecule has 2 aromatic carbocycles. The number of rotatable bonds is 11. The molecule has 0 amide bonds. The Kier molecular flexibility index (Phi) is 9.91. The molecule has 0 aliphatic rings. The van der Waals surface area contributed by atoms with E-state index in [1.54, 1.807) is 0 Å². The Morgan fingerprint density at radius 1 is 0.710 bits per heavy atom.